The summed E-state index contributed by atoms with van der Waals surface area (Å²) < 4.78 is 0. The van der Waals surface area contributed by atoms with Gasteiger partial charge in [-0.15, -0.1) is 0 Å². The van der Waals surface area contributed by atoms with E-state index in [-0.39, 0.29) is 5.91 Å². The number of aromatic amines is 1. The molecule has 1 saturated heterocycles. The maximum Gasteiger partial charge on any atom is 0.251 e. The van der Waals surface area contributed by atoms with Crippen LogP contribution in [-0.2, 0) is 4.79 Å². The zero-order valence-electron chi connectivity index (χ0n) is 11.0. The molecule has 1 aromatic carbocycles. The average Bonchev–Trinajstić information content (AvgIpc) is 2.66. The van der Waals surface area contributed by atoms with E-state index >= 15 is 0 Å². The number of aromatic nitrogens is 2. The molecule has 0 bridgehead atoms. The predicted molar refractivity (Wildman–Crippen MR) is 75.0 cm³/mol. The van der Waals surface area contributed by atoms with Gasteiger partial charge in [0, 0.05) is 24.4 Å². The molecule has 98 valence electrons. The van der Waals surface area contributed by atoms with Crippen LogP contribution in [0, 0.1) is 6.92 Å². The van der Waals surface area contributed by atoms with Gasteiger partial charge in [0.1, 0.15) is 5.82 Å². The molecule has 1 aromatic heterocycles. The topological polar surface area (TPSA) is 69.8 Å². The van der Waals surface area contributed by atoms with Crippen molar-refractivity contribution in [3.05, 3.63) is 35.2 Å². The Morgan fingerprint density at radius 1 is 1.37 bits per heavy atom. The van der Waals surface area contributed by atoms with Gasteiger partial charge in [0.05, 0.1) is 11.0 Å². The average molecular weight is 256 g/mol. The Kier molecular flexibility index (Phi) is 2.83. The number of carbonyl (C=O) groups is 1. The van der Waals surface area contributed by atoms with Crippen LogP contribution in [-0.4, -0.2) is 29.0 Å². The van der Waals surface area contributed by atoms with Crippen LogP contribution in [0.3, 0.4) is 0 Å². The van der Waals surface area contributed by atoms with E-state index in [1.807, 2.05) is 32.0 Å². The van der Waals surface area contributed by atoms with E-state index in [0.29, 0.717) is 0 Å². The molecule has 0 unspecified atom stereocenters. The number of nitrogens with one attached hydrogen (secondary N) is 3. The first-order chi connectivity index (χ1) is 9.13. The summed E-state index contributed by atoms with van der Waals surface area (Å²) in [6, 6.07) is 5.68. The molecule has 5 heteroatoms. The number of imidazole rings is 1. The van der Waals surface area contributed by atoms with Crippen molar-refractivity contribution >= 4 is 22.6 Å². The predicted octanol–water partition coefficient (Wildman–Crippen LogP) is 1.73. The number of fused-ring (bicyclic) bond motifs is 1. The molecular formula is C14H16N4O. The van der Waals surface area contributed by atoms with Crippen molar-refractivity contribution in [3.63, 3.8) is 0 Å². The Bertz CT molecular complexity index is 678. The summed E-state index contributed by atoms with van der Waals surface area (Å²) in [6.07, 6.45) is 0. The van der Waals surface area contributed by atoms with Crippen LogP contribution in [0.2, 0.25) is 0 Å². The smallest absolute Gasteiger partial charge is 0.251 e. The Hall–Kier alpha value is -2.14. The lowest BCUT2D eigenvalue weighted by Crippen LogP contribution is -2.36. The van der Waals surface area contributed by atoms with Gasteiger partial charge in [-0.3, -0.25) is 4.79 Å². The third kappa shape index (κ3) is 2.24. The number of H-pyrrole nitrogens is 1. The third-order valence-electron chi connectivity index (χ3n) is 3.41. The first-order valence-corrected chi connectivity index (χ1v) is 6.30. The van der Waals surface area contributed by atoms with Gasteiger partial charge in [0.15, 0.2) is 0 Å². The van der Waals surface area contributed by atoms with Gasteiger partial charge in [-0.2, -0.15) is 0 Å². The van der Waals surface area contributed by atoms with Gasteiger partial charge >= 0.3 is 0 Å². The van der Waals surface area contributed by atoms with Crippen LogP contribution in [0.1, 0.15) is 12.7 Å². The number of anilines is 1. The van der Waals surface area contributed by atoms with Crippen molar-refractivity contribution in [3.8, 4) is 0 Å². The Morgan fingerprint density at radius 3 is 2.84 bits per heavy atom. The molecule has 5 nitrogen and oxygen atoms in total. The molecule has 0 saturated carbocycles. The van der Waals surface area contributed by atoms with Gasteiger partial charge in [0.2, 0.25) is 0 Å². The fraction of sp³-hybridized carbons (Fsp3) is 0.286. The second-order valence-corrected chi connectivity index (χ2v) is 4.84. The van der Waals surface area contributed by atoms with Crippen molar-refractivity contribution in [1.29, 1.82) is 0 Å². The lowest BCUT2D eigenvalue weighted by atomic mass is 10.0. The van der Waals surface area contributed by atoms with Gasteiger partial charge in [-0.1, -0.05) is 0 Å². The van der Waals surface area contributed by atoms with Crippen LogP contribution in [0.4, 0.5) is 5.69 Å². The van der Waals surface area contributed by atoms with E-state index in [4.69, 9.17) is 0 Å². The monoisotopic (exact) mass is 256 g/mol. The quantitative estimate of drug-likeness (QED) is 0.717. The fourth-order valence-corrected chi connectivity index (χ4v) is 2.12. The minimum atomic E-state index is -0.0351. The first-order valence-electron chi connectivity index (χ1n) is 6.30. The van der Waals surface area contributed by atoms with Crippen molar-refractivity contribution in [2.24, 2.45) is 0 Å². The summed E-state index contributed by atoms with van der Waals surface area (Å²) in [5, 5.41) is 6.06. The molecule has 0 radical (unpaired) electrons. The van der Waals surface area contributed by atoms with E-state index in [0.717, 1.165) is 41.2 Å². The minimum absolute atomic E-state index is 0.0351. The van der Waals surface area contributed by atoms with E-state index in [1.165, 1.54) is 5.57 Å². The summed E-state index contributed by atoms with van der Waals surface area (Å²) in [4.78, 5) is 19.6. The summed E-state index contributed by atoms with van der Waals surface area (Å²) >= 11 is 0. The highest BCUT2D eigenvalue weighted by atomic mass is 16.1. The maximum atomic E-state index is 12.1. The number of hydrogen-bond acceptors (Lipinski definition) is 3. The largest absolute Gasteiger partial charge is 0.342 e. The maximum absolute atomic E-state index is 12.1. The lowest BCUT2D eigenvalue weighted by Gasteiger charge is -2.21. The number of amides is 1. The normalized spacial score (nSPS) is 14.3. The number of nitrogens with zero attached hydrogens (tertiary/aromatic N) is 1. The summed E-state index contributed by atoms with van der Waals surface area (Å²) in [7, 11) is 0. The molecule has 3 N–H and O–H groups in total. The van der Waals surface area contributed by atoms with Gasteiger partial charge in [-0.25, -0.2) is 4.98 Å². The molecule has 0 aliphatic carbocycles. The summed E-state index contributed by atoms with van der Waals surface area (Å²) in [5.74, 6) is 0.837. The van der Waals surface area contributed by atoms with Crippen molar-refractivity contribution in [1.82, 2.24) is 15.3 Å². The highest BCUT2D eigenvalue weighted by molar-refractivity contribution is 6.04. The number of aryl methyl sites for hydroxylation is 1. The van der Waals surface area contributed by atoms with Crippen LogP contribution in [0.25, 0.3) is 11.0 Å². The summed E-state index contributed by atoms with van der Waals surface area (Å²) in [6.45, 7) is 5.41. The van der Waals surface area contributed by atoms with Crippen LogP contribution in [0.5, 0.6) is 0 Å². The molecule has 1 aliphatic heterocycles. The molecule has 1 amide bonds. The Morgan fingerprint density at radius 2 is 2.16 bits per heavy atom. The van der Waals surface area contributed by atoms with E-state index in [9.17, 15) is 4.79 Å². The second-order valence-electron chi connectivity index (χ2n) is 4.84. The standard InChI is InChI=1S/C14H16N4O/c1-8(10-6-15-7-10)14(19)18-11-3-4-12-13(5-11)17-9(2)16-12/h3-5,15H,6-7H2,1-2H3,(H,16,17)(H,18,19). The van der Waals surface area contributed by atoms with Gasteiger partial charge in [0.25, 0.3) is 5.91 Å². The Labute approximate surface area is 111 Å². The number of hydrogen-bond donors (Lipinski definition) is 3. The number of rotatable bonds is 2. The van der Waals surface area contributed by atoms with Crippen LogP contribution < -0.4 is 10.6 Å². The lowest BCUT2D eigenvalue weighted by molar-refractivity contribution is -0.112. The van der Waals surface area contributed by atoms with Crippen LogP contribution >= 0.6 is 0 Å². The van der Waals surface area contributed by atoms with E-state index in [2.05, 4.69) is 20.6 Å². The van der Waals surface area contributed by atoms with Gasteiger partial charge < -0.3 is 15.6 Å². The van der Waals surface area contributed by atoms with E-state index in [1.54, 1.807) is 0 Å². The summed E-state index contributed by atoms with van der Waals surface area (Å²) in [5.41, 5.74) is 4.61. The minimum Gasteiger partial charge on any atom is -0.342 e. The molecule has 2 aromatic rings. The molecule has 2 heterocycles. The van der Waals surface area contributed by atoms with E-state index < -0.39 is 0 Å². The zero-order valence-corrected chi connectivity index (χ0v) is 11.0. The third-order valence-corrected chi connectivity index (χ3v) is 3.41. The molecule has 19 heavy (non-hydrogen) atoms. The number of carbonyl (C=O) groups excluding carboxylic acids is 1. The fourth-order valence-electron chi connectivity index (χ4n) is 2.12. The van der Waals surface area contributed by atoms with Crippen molar-refractivity contribution in [2.75, 3.05) is 18.4 Å². The molecule has 0 atom stereocenters. The highest BCUT2D eigenvalue weighted by Gasteiger charge is 2.16. The zero-order chi connectivity index (χ0) is 13.4. The highest BCUT2D eigenvalue weighted by Crippen LogP contribution is 2.18. The molecule has 1 aliphatic rings. The SMILES string of the molecule is CC(C(=O)Nc1ccc2nc(C)[nH]c2c1)=C1CNC1. The Balaban J connectivity index is 1.82. The van der Waals surface area contributed by atoms with Crippen LogP contribution in [0.15, 0.2) is 29.3 Å². The first kappa shape index (κ1) is 11.9. The second kappa shape index (κ2) is 4.51. The van der Waals surface area contributed by atoms with Gasteiger partial charge in [-0.05, 0) is 37.6 Å². The molecule has 1 fully saturated rings. The number of benzene rings is 1. The molecular weight excluding hydrogens is 240 g/mol. The molecule has 0 spiro atoms. The van der Waals surface area contributed by atoms with Crippen molar-refractivity contribution in [2.45, 2.75) is 13.8 Å². The molecule has 3 rings (SSSR count). The van der Waals surface area contributed by atoms with Crippen molar-refractivity contribution < 1.29 is 4.79 Å².